The van der Waals surface area contributed by atoms with Crippen molar-refractivity contribution in [3.05, 3.63) is 100 Å². The van der Waals surface area contributed by atoms with E-state index >= 15 is 0 Å². The van der Waals surface area contributed by atoms with E-state index in [0.717, 1.165) is 5.56 Å². The van der Waals surface area contributed by atoms with Gasteiger partial charge in [0.2, 0.25) is 6.79 Å². The Morgan fingerprint density at radius 2 is 1.66 bits per heavy atom. The molecule has 7 nitrogen and oxygen atoms in total. The Morgan fingerprint density at radius 1 is 0.906 bits per heavy atom. The fourth-order valence-electron chi connectivity index (χ4n) is 2.93. The third-order valence-corrected chi connectivity index (χ3v) is 4.83. The van der Waals surface area contributed by atoms with Crippen LogP contribution in [-0.2, 0) is 4.79 Å². The molecular weight excluding hydrogens is 430 g/mol. The number of hydrogen-bond acceptors (Lipinski definition) is 5. The zero-order valence-electron chi connectivity index (χ0n) is 16.7. The van der Waals surface area contributed by atoms with E-state index < -0.39 is 11.8 Å². The van der Waals surface area contributed by atoms with Gasteiger partial charge in [0.05, 0.1) is 16.8 Å². The summed E-state index contributed by atoms with van der Waals surface area (Å²) in [6.45, 7) is 0.172. The van der Waals surface area contributed by atoms with Gasteiger partial charge in [-0.15, -0.1) is 0 Å². The molecule has 2 amide bonds. The van der Waals surface area contributed by atoms with Crippen LogP contribution < -0.4 is 20.2 Å². The van der Waals surface area contributed by atoms with Crippen molar-refractivity contribution >= 4 is 35.7 Å². The van der Waals surface area contributed by atoms with Gasteiger partial charge in [0.25, 0.3) is 11.8 Å². The Balaban J connectivity index is 1.51. The lowest BCUT2D eigenvalue weighted by atomic mass is 10.1. The van der Waals surface area contributed by atoms with Crippen molar-refractivity contribution in [3.63, 3.8) is 0 Å². The second-order valence-electron chi connectivity index (χ2n) is 6.71. The maximum Gasteiger partial charge on any atom is 0.287 e. The van der Waals surface area contributed by atoms with E-state index in [4.69, 9.17) is 21.1 Å². The summed E-state index contributed by atoms with van der Waals surface area (Å²) >= 11 is 6.11. The van der Waals surface area contributed by atoms with E-state index in [9.17, 15) is 9.59 Å². The van der Waals surface area contributed by atoms with Gasteiger partial charge in [-0.3, -0.25) is 9.59 Å². The van der Waals surface area contributed by atoms with Crippen LogP contribution >= 0.6 is 11.6 Å². The van der Waals surface area contributed by atoms with E-state index in [1.165, 1.54) is 6.21 Å². The van der Waals surface area contributed by atoms with Crippen LogP contribution in [-0.4, -0.2) is 24.8 Å². The van der Waals surface area contributed by atoms with E-state index in [-0.39, 0.29) is 23.1 Å². The number of carbonyl (C=O) groups is 2. The Hall–Kier alpha value is -4.10. The van der Waals surface area contributed by atoms with Crippen molar-refractivity contribution in [2.24, 2.45) is 5.10 Å². The zero-order chi connectivity index (χ0) is 22.3. The van der Waals surface area contributed by atoms with Crippen LogP contribution in [0.2, 0.25) is 5.02 Å². The topological polar surface area (TPSA) is 89.0 Å². The molecule has 1 aliphatic rings. The number of amides is 2. The number of nitrogens with zero attached hydrogens (tertiary/aromatic N) is 1. The summed E-state index contributed by atoms with van der Waals surface area (Å²) in [5.74, 6) is 0.164. The molecule has 160 valence electrons. The highest BCUT2D eigenvalue weighted by Crippen LogP contribution is 2.31. The van der Waals surface area contributed by atoms with Gasteiger partial charge >= 0.3 is 0 Å². The van der Waals surface area contributed by atoms with Gasteiger partial charge in [0, 0.05) is 0 Å². The molecule has 0 atom stereocenters. The molecule has 3 aromatic rings. The largest absolute Gasteiger partial charge is 0.454 e. The summed E-state index contributed by atoms with van der Waals surface area (Å²) in [7, 11) is 0. The molecule has 0 aliphatic carbocycles. The van der Waals surface area contributed by atoms with Crippen LogP contribution in [0.4, 0.5) is 0 Å². The highest BCUT2D eigenvalue weighted by molar-refractivity contribution is 6.34. The Bertz CT molecular complexity index is 1210. The lowest BCUT2D eigenvalue weighted by Gasteiger charge is -2.10. The van der Waals surface area contributed by atoms with Crippen molar-refractivity contribution < 1.29 is 19.1 Å². The third kappa shape index (κ3) is 5.14. The van der Waals surface area contributed by atoms with E-state index in [2.05, 4.69) is 15.8 Å². The highest BCUT2D eigenvalue weighted by Gasteiger charge is 2.16. The number of nitrogens with one attached hydrogen (secondary N) is 2. The Labute approximate surface area is 189 Å². The summed E-state index contributed by atoms with van der Waals surface area (Å²) in [5.41, 5.74) is 4.15. The average molecular weight is 448 g/mol. The molecule has 0 saturated heterocycles. The smallest absolute Gasteiger partial charge is 0.287 e. The van der Waals surface area contributed by atoms with Crippen LogP contribution in [0.5, 0.6) is 11.5 Å². The number of ether oxygens (including phenoxy) is 2. The molecule has 0 aromatic heterocycles. The fourth-order valence-corrected chi connectivity index (χ4v) is 3.15. The maximum absolute atomic E-state index is 12.8. The predicted molar refractivity (Wildman–Crippen MR) is 122 cm³/mol. The number of benzene rings is 3. The van der Waals surface area contributed by atoms with Gasteiger partial charge in [-0.2, -0.15) is 5.10 Å². The lowest BCUT2D eigenvalue weighted by Crippen LogP contribution is -2.33. The Kier molecular flexibility index (Phi) is 6.48. The SMILES string of the molecule is O=C(NN=Cc1ccc2c(c1)OCO2)C(=Cc1ccccc1)NC(=O)c1ccccc1Cl. The van der Waals surface area contributed by atoms with Crippen molar-refractivity contribution in [1.82, 2.24) is 10.7 Å². The molecule has 4 rings (SSSR count). The molecule has 32 heavy (non-hydrogen) atoms. The second kappa shape index (κ2) is 9.80. The number of hydrazone groups is 1. The summed E-state index contributed by atoms with van der Waals surface area (Å²) < 4.78 is 10.6. The van der Waals surface area contributed by atoms with Crippen LogP contribution in [0, 0.1) is 0 Å². The molecule has 3 aromatic carbocycles. The number of carbonyl (C=O) groups excluding carboxylic acids is 2. The summed E-state index contributed by atoms with van der Waals surface area (Å²) in [4.78, 5) is 25.5. The van der Waals surface area contributed by atoms with Crippen LogP contribution in [0.1, 0.15) is 21.5 Å². The first-order valence-electron chi connectivity index (χ1n) is 9.66. The van der Waals surface area contributed by atoms with Gasteiger partial charge in [0.1, 0.15) is 5.70 Å². The molecule has 8 heteroatoms. The van der Waals surface area contributed by atoms with E-state index in [0.29, 0.717) is 17.1 Å². The maximum atomic E-state index is 12.8. The third-order valence-electron chi connectivity index (χ3n) is 4.50. The van der Waals surface area contributed by atoms with Crippen molar-refractivity contribution in [2.45, 2.75) is 0 Å². The average Bonchev–Trinajstić information content (AvgIpc) is 3.27. The van der Waals surface area contributed by atoms with Gasteiger partial charge in [-0.05, 0) is 47.5 Å². The normalized spacial score (nSPS) is 12.6. The molecule has 0 unspecified atom stereocenters. The van der Waals surface area contributed by atoms with E-state index in [1.807, 2.05) is 30.3 Å². The van der Waals surface area contributed by atoms with Crippen LogP contribution in [0.15, 0.2) is 83.6 Å². The summed E-state index contributed by atoms with van der Waals surface area (Å²) in [5, 5.41) is 6.89. The molecule has 1 aliphatic heterocycles. The molecule has 2 N–H and O–H groups in total. The number of hydrogen-bond donors (Lipinski definition) is 2. The van der Waals surface area contributed by atoms with Crippen molar-refractivity contribution in [3.8, 4) is 11.5 Å². The lowest BCUT2D eigenvalue weighted by molar-refractivity contribution is -0.117. The van der Waals surface area contributed by atoms with Gasteiger partial charge in [-0.1, -0.05) is 54.1 Å². The van der Waals surface area contributed by atoms with Crippen LogP contribution in [0.3, 0.4) is 0 Å². The van der Waals surface area contributed by atoms with Gasteiger partial charge < -0.3 is 14.8 Å². The second-order valence-corrected chi connectivity index (χ2v) is 7.12. The minimum Gasteiger partial charge on any atom is -0.454 e. The van der Waals surface area contributed by atoms with Gasteiger partial charge in [-0.25, -0.2) is 5.43 Å². The van der Waals surface area contributed by atoms with Gasteiger partial charge in [0.15, 0.2) is 11.5 Å². The summed E-state index contributed by atoms with van der Waals surface area (Å²) in [6, 6.07) is 21.0. The fraction of sp³-hybridized carbons (Fsp3) is 0.0417. The minimum absolute atomic E-state index is 0.0176. The molecule has 1 heterocycles. The number of rotatable bonds is 6. The zero-order valence-corrected chi connectivity index (χ0v) is 17.5. The molecule has 0 spiro atoms. The first-order chi connectivity index (χ1) is 15.6. The quantitative estimate of drug-likeness (QED) is 0.339. The first-order valence-corrected chi connectivity index (χ1v) is 10.0. The van der Waals surface area contributed by atoms with Crippen LogP contribution in [0.25, 0.3) is 6.08 Å². The predicted octanol–water partition coefficient (Wildman–Crippen LogP) is 3.99. The standard InChI is InChI=1S/C24H18ClN3O4/c25-19-9-5-4-8-18(19)23(29)27-20(12-16-6-2-1-3-7-16)24(30)28-26-14-17-10-11-21-22(13-17)32-15-31-21/h1-14H,15H2,(H,27,29)(H,28,30). The first kappa shape index (κ1) is 21.1. The van der Waals surface area contributed by atoms with Crippen molar-refractivity contribution in [1.29, 1.82) is 0 Å². The molecule has 0 fully saturated rings. The monoisotopic (exact) mass is 447 g/mol. The number of fused-ring (bicyclic) bond motifs is 1. The Morgan fingerprint density at radius 3 is 2.47 bits per heavy atom. The molecular formula is C24H18ClN3O4. The van der Waals surface area contributed by atoms with Crippen molar-refractivity contribution in [2.75, 3.05) is 6.79 Å². The van der Waals surface area contributed by atoms with E-state index in [1.54, 1.807) is 48.5 Å². The molecule has 0 bridgehead atoms. The number of halogens is 1. The summed E-state index contributed by atoms with van der Waals surface area (Å²) in [6.07, 6.45) is 3.02. The molecule has 0 saturated carbocycles. The minimum atomic E-state index is -0.591. The molecule has 0 radical (unpaired) electrons. The highest BCUT2D eigenvalue weighted by atomic mass is 35.5.